The molecular formula is C31H52N2O5. The van der Waals surface area contributed by atoms with Crippen LogP contribution in [-0.2, 0) is 22.4 Å². The number of benzene rings is 1. The van der Waals surface area contributed by atoms with E-state index in [1.54, 1.807) is 0 Å². The van der Waals surface area contributed by atoms with E-state index in [1.807, 2.05) is 32.9 Å². The Morgan fingerprint density at radius 3 is 2.37 bits per heavy atom. The van der Waals surface area contributed by atoms with Crippen molar-refractivity contribution in [1.82, 2.24) is 5.32 Å². The van der Waals surface area contributed by atoms with Crippen molar-refractivity contribution in [2.24, 2.45) is 29.4 Å². The Hall–Kier alpha value is -1.80. The van der Waals surface area contributed by atoms with Gasteiger partial charge in [-0.3, -0.25) is 9.59 Å². The van der Waals surface area contributed by atoms with E-state index < -0.39 is 12.1 Å². The van der Waals surface area contributed by atoms with E-state index in [0.717, 1.165) is 42.4 Å². The number of aryl methyl sites for hydroxylation is 1. The highest BCUT2D eigenvalue weighted by atomic mass is 16.5. The average Bonchev–Trinajstić information content (AvgIpc) is 2.89. The van der Waals surface area contributed by atoms with Gasteiger partial charge in [-0.2, -0.15) is 0 Å². The Bertz CT molecular complexity index is 866. The van der Waals surface area contributed by atoms with Crippen molar-refractivity contribution in [1.29, 1.82) is 0 Å². The summed E-state index contributed by atoms with van der Waals surface area (Å²) in [5.74, 6) is 0.422. The van der Waals surface area contributed by atoms with Crippen molar-refractivity contribution in [3.63, 3.8) is 0 Å². The first kappa shape index (κ1) is 32.4. The molecule has 1 amide bonds. The first-order valence-corrected chi connectivity index (χ1v) is 14.6. The molecule has 1 aliphatic rings. The molecule has 2 rings (SSSR count). The summed E-state index contributed by atoms with van der Waals surface area (Å²) in [6.45, 7) is 11.7. The Balaban J connectivity index is 2.05. The van der Waals surface area contributed by atoms with E-state index in [9.17, 15) is 14.7 Å². The van der Waals surface area contributed by atoms with Crippen molar-refractivity contribution < 1.29 is 24.5 Å². The van der Waals surface area contributed by atoms with Crippen LogP contribution in [0.25, 0.3) is 0 Å². The molecule has 38 heavy (non-hydrogen) atoms. The fraction of sp³-hybridized carbons (Fsp3) is 0.742. The van der Waals surface area contributed by atoms with Gasteiger partial charge in [0.15, 0.2) is 5.78 Å². The molecule has 1 saturated heterocycles. The van der Waals surface area contributed by atoms with Crippen LogP contribution in [-0.4, -0.2) is 59.9 Å². The Morgan fingerprint density at radius 2 is 1.79 bits per heavy atom. The molecular weight excluding hydrogens is 480 g/mol. The summed E-state index contributed by atoms with van der Waals surface area (Å²) in [4.78, 5) is 25.8. The topological polar surface area (TPSA) is 122 Å². The highest BCUT2D eigenvalue weighted by Gasteiger charge is 2.31. The van der Waals surface area contributed by atoms with Gasteiger partial charge in [0.25, 0.3) is 0 Å². The molecule has 1 fully saturated rings. The maximum atomic E-state index is 13.0. The summed E-state index contributed by atoms with van der Waals surface area (Å²) in [5.41, 5.74) is 9.42. The lowest BCUT2D eigenvalue weighted by molar-refractivity contribution is -0.129. The SMILES string of the molecule is CCc1ccc(C[C@@H](C[C@H](N)[C@@H](O)C[C@H](C(=O)NC2CCOCC2)C(C)C)C(C)C)cc1C(=O)CCCO. The molecule has 1 aliphatic heterocycles. The van der Waals surface area contributed by atoms with Gasteiger partial charge in [-0.1, -0.05) is 46.8 Å². The summed E-state index contributed by atoms with van der Waals surface area (Å²) in [7, 11) is 0. The molecule has 0 spiro atoms. The highest BCUT2D eigenvalue weighted by Crippen LogP contribution is 2.27. The second kappa shape index (κ2) is 16.3. The minimum Gasteiger partial charge on any atom is -0.396 e. The van der Waals surface area contributed by atoms with Crippen LogP contribution >= 0.6 is 0 Å². The Kier molecular flexibility index (Phi) is 13.9. The standard InChI is InChI=1S/C31H52N2O5/c1-6-23-10-9-22(17-27(23)29(35)8-7-13-34)16-24(20(2)3)18-28(32)30(36)19-26(21(4)5)31(37)33-25-11-14-38-15-12-25/h9-10,17,20-21,24-26,28,30,34,36H,6-8,11-16,18-19,32H2,1-5H3,(H,33,37)/t24-,26-,28-,30-/m0/s1. The molecule has 0 aromatic heterocycles. The van der Waals surface area contributed by atoms with Crippen molar-refractivity contribution in [3.05, 3.63) is 34.9 Å². The van der Waals surface area contributed by atoms with Crippen LogP contribution in [0.1, 0.15) is 94.6 Å². The molecule has 0 aliphatic carbocycles. The van der Waals surface area contributed by atoms with E-state index in [-0.39, 0.29) is 42.1 Å². The van der Waals surface area contributed by atoms with Gasteiger partial charge in [0.1, 0.15) is 0 Å². The van der Waals surface area contributed by atoms with Gasteiger partial charge in [-0.25, -0.2) is 0 Å². The summed E-state index contributed by atoms with van der Waals surface area (Å²) >= 11 is 0. The third kappa shape index (κ3) is 10.1. The van der Waals surface area contributed by atoms with Crippen LogP contribution in [0, 0.1) is 23.7 Å². The van der Waals surface area contributed by atoms with Gasteiger partial charge in [-0.15, -0.1) is 0 Å². The van der Waals surface area contributed by atoms with E-state index >= 15 is 0 Å². The lowest BCUT2D eigenvalue weighted by atomic mass is 9.80. The smallest absolute Gasteiger partial charge is 0.223 e. The molecule has 0 saturated carbocycles. The van der Waals surface area contributed by atoms with Crippen molar-refractivity contribution in [3.8, 4) is 0 Å². The largest absolute Gasteiger partial charge is 0.396 e. The van der Waals surface area contributed by atoms with Crippen molar-refractivity contribution >= 4 is 11.7 Å². The normalized spacial score (nSPS) is 17.8. The van der Waals surface area contributed by atoms with Crippen LogP contribution in [0.5, 0.6) is 0 Å². The van der Waals surface area contributed by atoms with Gasteiger partial charge >= 0.3 is 0 Å². The summed E-state index contributed by atoms with van der Waals surface area (Å²) in [6.07, 6.45) is 4.20. The van der Waals surface area contributed by atoms with Crippen LogP contribution in [0.15, 0.2) is 18.2 Å². The molecule has 0 bridgehead atoms. The molecule has 5 N–H and O–H groups in total. The molecule has 1 aromatic rings. The van der Waals surface area contributed by atoms with Gasteiger partial charge in [0, 0.05) is 49.8 Å². The highest BCUT2D eigenvalue weighted by molar-refractivity contribution is 5.97. The third-order valence-corrected chi connectivity index (χ3v) is 8.13. The molecule has 7 nitrogen and oxygen atoms in total. The molecule has 1 heterocycles. The predicted molar refractivity (Wildman–Crippen MR) is 152 cm³/mol. The number of rotatable bonds is 16. The van der Waals surface area contributed by atoms with E-state index in [1.165, 1.54) is 0 Å². The second-order valence-electron chi connectivity index (χ2n) is 11.8. The predicted octanol–water partition coefficient (Wildman–Crippen LogP) is 4.05. The fourth-order valence-electron chi connectivity index (χ4n) is 5.36. The van der Waals surface area contributed by atoms with Gasteiger partial charge in [0.05, 0.1) is 6.10 Å². The number of Topliss-reactive ketones (excluding diaryl/α,β-unsaturated/α-hetero) is 1. The average molecular weight is 533 g/mol. The number of nitrogens with one attached hydrogen (secondary N) is 1. The van der Waals surface area contributed by atoms with Crippen molar-refractivity contribution in [2.75, 3.05) is 19.8 Å². The quantitative estimate of drug-likeness (QED) is 0.238. The first-order chi connectivity index (χ1) is 18.1. The van der Waals surface area contributed by atoms with Crippen LogP contribution in [0.4, 0.5) is 0 Å². The molecule has 0 radical (unpaired) electrons. The third-order valence-electron chi connectivity index (χ3n) is 8.13. The van der Waals surface area contributed by atoms with E-state index in [2.05, 4.69) is 25.2 Å². The van der Waals surface area contributed by atoms with Gasteiger partial charge in [0.2, 0.25) is 5.91 Å². The first-order valence-electron chi connectivity index (χ1n) is 14.6. The molecule has 7 heteroatoms. The monoisotopic (exact) mass is 532 g/mol. The van der Waals surface area contributed by atoms with Crippen molar-refractivity contribution in [2.45, 2.75) is 104 Å². The number of ketones is 1. The Labute approximate surface area is 229 Å². The summed E-state index contributed by atoms with van der Waals surface area (Å²) < 4.78 is 5.40. The number of hydrogen-bond donors (Lipinski definition) is 4. The maximum absolute atomic E-state index is 13.0. The van der Waals surface area contributed by atoms with Crippen LogP contribution in [0.3, 0.4) is 0 Å². The summed E-state index contributed by atoms with van der Waals surface area (Å²) in [6, 6.07) is 5.82. The maximum Gasteiger partial charge on any atom is 0.223 e. The lowest BCUT2D eigenvalue weighted by Gasteiger charge is -2.31. The molecule has 4 atom stereocenters. The zero-order valence-corrected chi connectivity index (χ0v) is 24.2. The van der Waals surface area contributed by atoms with Gasteiger partial charge in [-0.05, 0) is 79.9 Å². The molecule has 0 unspecified atom stereocenters. The molecule has 1 aromatic carbocycles. The fourth-order valence-corrected chi connectivity index (χ4v) is 5.36. The minimum absolute atomic E-state index is 0.00651. The zero-order chi connectivity index (χ0) is 28.2. The van der Waals surface area contributed by atoms with Crippen LogP contribution < -0.4 is 11.1 Å². The van der Waals surface area contributed by atoms with E-state index in [0.29, 0.717) is 44.8 Å². The van der Waals surface area contributed by atoms with E-state index in [4.69, 9.17) is 15.6 Å². The second-order valence-corrected chi connectivity index (χ2v) is 11.8. The number of ether oxygens (including phenoxy) is 1. The summed E-state index contributed by atoms with van der Waals surface area (Å²) in [5, 5.41) is 23.4. The number of amides is 1. The number of aliphatic hydroxyl groups excluding tert-OH is 2. The lowest BCUT2D eigenvalue weighted by Crippen LogP contribution is -2.46. The van der Waals surface area contributed by atoms with Gasteiger partial charge < -0.3 is 26.0 Å². The van der Waals surface area contributed by atoms with Crippen LogP contribution in [0.2, 0.25) is 0 Å². The minimum atomic E-state index is -0.776. The number of nitrogens with two attached hydrogens (primary N) is 1. The molecule has 216 valence electrons. The number of carbonyl (C=O) groups excluding carboxylic acids is 2. The number of aliphatic hydroxyl groups is 2. The zero-order valence-electron chi connectivity index (χ0n) is 24.2. The Morgan fingerprint density at radius 1 is 1.11 bits per heavy atom. The number of carbonyl (C=O) groups is 2. The number of hydrogen-bond acceptors (Lipinski definition) is 6.